The van der Waals surface area contributed by atoms with Crippen molar-refractivity contribution < 1.29 is 14.8 Å². The molecule has 0 aliphatic heterocycles. The third-order valence-corrected chi connectivity index (χ3v) is 3.63. The first-order valence-electron chi connectivity index (χ1n) is 5.53. The highest BCUT2D eigenvalue weighted by molar-refractivity contribution is 9.10. The van der Waals surface area contributed by atoms with Gasteiger partial charge in [-0.2, -0.15) is 0 Å². The molecule has 2 rings (SSSR count). The van der Waals surface area contributed by atoms with Gasteiger partial charge < -0.3 is 9.84 Å². The summed E-state index contributed by atoms with van der Waals surface area (Å²) >= 11 is 9.17. The zero-order chi connectivity index (χ0) is 14.7. The predicted octanol–water partition coefficient (Wildman–Crippen LogP) is 4.30. The van der Waals surface area contributed by atoms with Gasteiger partial charge >= 0.3 is 0 Å². The van der Waals surface area contributed by atoms with Gasteiger partial charge in [-0.15, -0.1) is 0 Å². The van der Waals surface area contributed by atoms with E-state index in [4.69, 9.17) is 21.4 Å². The molecular weight excluding hydrogens is 350 g/mol. The summed E-state index contributed by atoms with van der Waals surface area (Å²) in [6.07, 6.45) is 0. The van der Waals surface area contributed by atoms with Gasteiger partial charge in [-0.25, -0.2) is 0 Å². The Kier molecular flexibility index (Phi) is 4.59. The van der Waals surface area contributed by atoms with Crippen molar-refractivity contribution in [1.29, 1.82) is 0 Å². The third-order valence-electron chi connectivity index (χ3n) is 2.54. The largest absolute Gasteiger partial charge is 0.454 e. The monoisotopic (exact) mass is 357 g/mol. The average Bonchev–Trinajstić information content (AvgIpc) is 2.42. The van der Waals surface area contributed by atoms with Crippen LogP contribution >= 0.6 is 27.5 Å². The summed E-state index contributed by atoms with van der Waals surface area (Å²) in [5, 5.41) is 20.2. The minimum Gasteiger partial charge on any atom is -0.454 e. The summed E-state index contributed by atoms with van der Waals surface area (Å²) in [6.45, 7) is -0.125. The lowest BCUT2D eigenvalue weighted by Crippen LogP contribution is -1.93. The lowest BCUT2D eigenvalue weighted by atomic mass is 10.2. The van der Waals surface area contributed by atoms with Crippen LogP contribution in [0.4, 0.5) is 5.69 Å². The number of aliphatic hydroxyl groups is 1. The number of aliphatic hydroxyl groups excluding tert-OH is 1. The second kappa shape index (κ2) is 6.21. The van der Waals surface area contributed by atoms with Gasteiger partial charge in [-0.05, 0) is 39.7 Å². The molecule has 0 saturated heterocycles. The van der Waals surface area contributed by atoms with Crippen molar-refractivity contribution in [2.45, 2.75) is 6.61 Å². The molecule has 0 aliphatic carbocycles. The minimum absolute atomic E-state index is 0.0920. The van der Waals surface area contributed by atoms with Crippen LogP contribution in [0.2, 0.25) is 5.02 Å². The first-order chi connectivity index (χ1) is 9.52. The van der Waals surface area contributed by atoms with Crippen molar-refractivity contribution in [3.8, 4) is 11.5 Å². The number of hydrogen-bond acceptors (Lipinski definition) is 4. The van der Waals surface area contributed by atoms with E-state index in [-0.39, 0.29) is 22.5 Å². The molecule has 0 atom stereocenters. The van der Waals surface area contributed by atoms with Gasteiger partial charge in [0.15, 0.2) is 0 Å². The van der Waals surface area contributed by atoms with Crippen molar-refractivity contribution in [1.82, 2.24) is 0 Å². The molecule has 0 amide bonds. The Morgan fingerprint density at radius 2 is 2.05 bits per heavy atom. The Hall–Kier alpha value is -1.63. The van der Waals surface area contributed by atoms with Gasteiger partial charge in [-0.1, -0.05) is 23.7 Å². The van der Waals surface area contributed by atoms with Crippen LogP contribution in [-0.4, -0.2) is 10.0 Å². The summed E-state index contributed by atoms with van der Waals surface area (Å²) in [6, 6.07) is 9.31. The molecule has 2 aromatic rings. The van der Waals surface area contributed by atoms with Crippen molar-refractivity contribution in [2.24, 2.45) is 0 Å². The molecule has 0 saturated carbocycles. The Labute approximate surface area is 128 Å². The second-order valence-corrected chi connectivity index (χ2v) is 5.07. The van der Waals surface area contributed by atoms with Gasteiger partial charge in [0.05, 0.1) is 16.6 Å². The highest BCUT2D eigenvalue weighted by Crippen LogP contribution is 2.38. The topological polar surface area (TPSA) is 72.6 Å². The highest BCUT2D eigenvalue weighted by atomic mass is 79.9. The van der Waals surface area contributed by atoms with Crippen LogP contribution in [-0.2, 0) is 6.61 Å². The van der Waals surface area contributed by atoms with E-state index in [2.05, 4.69) is 15.9 Å². The fourth-order valence-corrected chi connectivity index (χ4v) is 2.29. The molecule has 0 fully saturated rings. The van der Waals surface area contributed by atoms with Crippen molar-refractivity contribution in [3.63, 3.8) is 0 Å². The zero-order valence-corrected chi connectivity index (χ0v) is 12.4. The van der Waals surface area contributed by atoms with Crippen LogP contribution < -0.4 is 4.74 Å². The van der Waals surface area contributed by atoms with Crippen molar-refractivity contribution in [3.05, 3.63) is 61.6 Å². The summed E-state index contributed by atoms with van der Waals surface area (Å²) in [7, 11) is 0. The second-order valence-electron chi connectivity index (χ2n) is 3.87. The van der Waals surface area contributed by atoms with Crippen LogP contribution in [0.1, 0.15) is 5.56 Å². The summed E-state index contributed by atoms with van der Waals surface area (Å²) in [5.41, 5.74) is 0.561. The Morgan fingerprint density at radius 1 is 1.30 bits per heavy atom. The van der Waals surface area contributed by atoms with Gasteiger partial charge in [0.2, 0.25) is 0 Å². The van der Waals surface area contributed by atoms with E-state index in [9.17, 15) is 10.1 Å². The zero-order valence-electron chi connectivity index (χ0n) is 10.0. The number of ether oxygens (including phenoxy) is 1. The van der Waals surface area contributed by atoms with E-state index >= 15 is 0 Å². The van der Waals surface area contributed by atoms with Crippen LogP contribution in [0.15, 0.2) is 40.9 Å². The number of benzene rings is 2. The molecule has 104 valence electrons. The molecule has 7 heteroatoms. The summed E-state index contributed by atoms with van der Waals surface area (Å²) < 4.78 is 5.81. The van der Waals surface area contributed by atoms with E-state index in [0.29, 0.717) is 16.3 Å². The van der Waals surface area contributed by atoms with Crippen molar-refractivity contribution in [2.75, 3.05) is 0 Å². The Bertz CT molecular complexity index is 663. The number of rotatable bonds is 4. The van der Waals surface area contributed by atoms with E-state index in [1.165, 1.54) is 12.1 Å². The maximum absolute atomic E-state index is 10.8. The molecule has 0 unspecified atom stereocenters. The average molecular weight is 359 g/mol. The number of nitro groups is 1. The molecule has 2 aromatic carbocycles. The molecule has 1 N–H and O–H groups in total. The van der Waals surface area contributed by atoms with E-state index in [1.807, 2.05) is 0 Å². The highest BCUT2D eigenvalue weighted by Gasteiger charge is 2.17. The molecule has 20 heavy (non-hydrogen) atoms. The van der Waals surface area contributed by atoms with Gasteiger partial charge in [0.1, 0.15) is 16.0 Å². The fourth-order valence-electron chi connectivity index (χ4n) is 1.56. The van der Waals surface area contributed by atoms with Crippen LogP contribution in [0.5, 0.6) is 11.5 Å². The quantitative estimate of drug-likeness (QED) is 0.653. The first-order valence-corrected chi connectivity index (χ1v) is 6.70. The number of nitrogens with zero attached hydrogens (tertiary/aromatic N) is 1. The lowest BCUT2D eigenvalue weighted by molar-refractivity contribution is -0.385. The molecule has 0 spiro atoms. The molecule has 0 heterocycles. The van der Waals surface area contributed by atoms with Gasteiger partial charge in [-0.3, -0.25) is 10.1 Å². The fraction of sp³-hybridized carbons (Fsp3) is 0.0769. The first kappa shape index (κ1) is 14.8. The van der Waals surface area contributed by atoms with Crippen LogP contribution in [0.25, 0.3) is 0 Å². The maximum atomic E-state index is 10.8. The predicted molar refractivity (Wildman–Crippen MR) is 78.2 cm³/mol. The number of hydrogen-bond donors (Lipinski definition) is 1. The van der Waals surface area contributed by atoms with Crippen LogP contribution in [0, 0.1) is 10.1 Å². The van der Waals surface area contributed by atoms with E-state index in [0.717, 1.165) is 0 Å². The Balaban J connectivity index is 2.35. The smallest absolute Gasteiger partial charge is 0.287 e. The van der Waals surface area contributed by atoms with Crippen LogP contribution in [0.3, 0.4) is 0 Å². The van der Waals surface area contributed by atoms with Gasteiger partial charge in [0, 0.05) is 6.07 Å². The molecule has 0 radical (unpaired) electrons. The van der Waals surface area contributed by atoms with Crippen molar-refractivity contribution >= 4 is 33.2 Å². The molecular formula is C13H9BrClNO4. The molecule has 0 bridgehead atoms. The number of nitro benzene ring substituents is 1. The van der Waals surface area contributed by atoms with Gasteiger partial charge in [0.25, 0.3) is 5.69 Å². The van der Waals surface area contributed by atoms with E-state index < -0.39 is 4.92 Å². The minimum atomic E-state index is -0.507. The SMILES string of the molecule is O=[N+]([O-])c1cccc(Oc2ccc(CO)cc2Cl)c1Br. The molecule has 0 aliphatic rings. The lowest BCUT2D eigenvalue weighted by Gasteiger charge is -2.10. The molecule has 5 nitrogen and oxygen atoms in total. The summed E-state index contributed by atoms with van der Waals surface area (Å²) in [5.74, 6) is 0.642. The Morgan fingerprint density at radius 3 is 2.65 bits per heavy atom. The molecule has 0 aromatic heterocycles. The van der Waals surface area contributed by atoms with E-state index in [1.54, 1.807) is 24.3 Å². The standard InChI is InChI=1S/C13H9BrClNO4/c14-13-10(16(18)19)2-1-3-12(13)20-11-5-4-8(7-17)6-9(11)15/h1-6,17H,7H2. The maximum Gasteiger partial charge on any atom is 0.287 e. The normalized spacial score (nSPS) is 10.3. The summed E-state index contributed by atoms with van der Waals surface area (Å²) in [4.78, 5) is 10.3. The third kappa shape index (κ3) is 3.09. The number of halogens is 2.